The molecule has 0 saturated heterocycles. The second kappa shape index (κ2) is 12.8. The van der Waals surface area contributed by atoms with Gasteiger partial charge in [0.15, 0.2) is 11.5 Å². The molecule has 0 bridgehead atoms. The number of amides is 2. The van der Waals surface area contributed by atoms with Gasteiger partial charge in [-0.2, -0.15) is 5.10 Å². The van der Waals surface area contributed by atoms with E-state index in [1.807, 2.05) is 0 Å². The number of hydrazone groups is 1. The normalized spacial score (nSPS) is 10.9. The molecule has 0 saturated carbocycles. The molecule has 2 aromatic carbocycles. The summed E-state index contributed by atoms with van der Waals surface area (Å²) in [6.07, 6.45) is 2.47. The summed E-state index contributed by atoms with van der Waals surface area (Å²) in [5.74, 6) is 0.623. The van der Waals surface area contributed by atoms with E-state index in [4.69, 9.17) is 9.47 Å². The number of benzene rings is 2. The Morgan fingerprint density at radius 1 is 0.970 bits per heavy atom. The Morgan fingerprint density at radius 2 is 1.64 bits per heavy atom. The molecule has 0 aromatic heterocycles. The summed E-state index contributed by atoms with van der Waals surface area (Å²) in [6, 6.07) is 10.9. The second-order valence-electron chi connectivity index (χ2n) is 7.17. The molecule has 0 heterocycles. The van der Waals surface area contributed by atoms with Crippen LogP contribution in [0.25, 0.3) is 0 Å². The topological polar surface area (TPSA) is 132 Å². The van der Waals surface area contributed by atoms with Crippen LogP contribution in [-0.2, 0) is 4.79 Å². The van der Waals surface area contributed by atoms with Crippen molar-refractivity contribution in [2.75, 3.05) is 20.8 Å². The number of nitrogens with one attached hydrogen (secondary N) is 2. The fourth-order valence-electron chi connectivity index (χ4n) is 2.96. The maximum atomic E-state index is 12.3. The molecule has 0 radical (unpaired) electrons. The third-order valence-corrected chi connectivity index (χ3v) is 4.86. The number of carbonyl (C=O) groups excluding carboxylic acids is 2. The number of nitro groups is 1. The Balaban J connectivity index is 1.66. The molecule has 0 fully saturated rings. The molecule has 2 amide bonds. The summed E-state index contributed by atoms with van der Waals surface area (Å²) in [4.78, 5) is 34.4. The summed E-state index contributed by atoms with van der Waals surface area (Å²) in [5, 5.41) is 17.6. The zero-order valence-electron chi connectivity index (χ0n) is 18.9. The van der Waals surface area contributed by atoms with Crippen LogP contribution < -0.4 is 20.2 Å². The van der Waals surface area contributed by atoms with Crippen LogP contribution in [0.1, 0.15) is 48.5 Å². The lowest BCUT2D eigenvalue weighted by Crippen LogP contribution is -2.24. The van der Waals surface area contributed by atoms with E-state index in [0.29, 0.717) is 47.7 Å². The fourth-order valence-corrected chi connectivity index (χ4v) is 2.96. The van der Waals surface area contributed by atoms with Gasteiger partial charge < -0.3 is 14.8 Å². The highest BCUT2D eigenvalue weighted by Gasteiger charge is 2.10. The minimum absolute atomic E-state index is 0.00417. The maximum absolute atomic E-state index is 12.3. The van der Waals surface area contributed by atoms with E-state index < -0.39 is 4.92 Å². The van der Waals surface area contributed by atoms with Gasteiger partial charge >= 0.3 is 0 Å². The molecule has 0 unspecified atom stereocenters. The van der Waals surface area contributed by atoms with Gasteiger partial charge in [0.2, 0.25) is 5.91 Å². The lowest BCUT2D eigenvalue weighted by molar-refractivity contribution is -0.384. The Bertz CT molecular complexity index is 1000. The summed E-state index contributed by atoms with van der Waals surface area (Å²) >= 11 is 0. The Labute approximate surface area is 192 Å². The largest absolute Gasteiger partial charge is 0.493 e. The van der Waals surface area contributed by atoms with Gasteiger partial charge in [0.1, 0.15) is 0 Å². The van der Waals surface area contributed by atoms with Crippen LogP contribution in [0.4, 0.5) is 5.69 Å². The van der Waals surface area contributed by atoms with Crippen LogP contribution in [0.15, 0.2) is 47.6 Å². The molecule has 2 aromatic rings. The zero-order valence-corrected chi connectivity index (χ0v) is 18.9. The molecule has 33 heavy (non-hydrogen) atoms. The van der Waals surface area contributed by atoms with Gasteiger partial charge in [0, 0.05) is 30.7 Å². The zero-order chi connectivity index (χ0) is 24.2. The van der Waals surface area contributed by atoms with Crippen molar-refractivity contribution in [2.45, 2.75) is 32.6 Å². The molecule has 176 valence electrons. The number of hydrogen-bond acceptors (Lipinski definition) is 7. The van der Waals surface area contributed by atoms with E-state index in [9.17, 15) is 19.7 Å². The number of non-ortho nitro benzene ring substituents is 1. The van der Waals surface area contributed by atoms with Gasteiger partial charge in [-0.1, -0.05) is 6.42 Å². The van der Waals surface area contributed by atoms with E-state index in [1.54, 1.807) is 37.3 Å². The summed E-state index contributed by atoms with van der Waals surface area (Å²) in [5.41, 5.74) is 4.21. The minimum Gasteiger partial charge on any atom is -0.493 e. The third kappa shape index (κ3) is 7.91. The third-order valence-electron chi connectivity index (χ3n) is 4.86. The lowest BCUT2D eigenvalue weighted by Gasteiger charge is -2.10. The van der Waals surface area contributed by atoms with Crippen molar-refractivity contribution in [3.63, 3.8) is 0 Å². The first-order chi connectivity index (χ1) is 15.8. The SMILES string of the molecule is COc1ccc(C(=O)NCCCCCC(=O)NN=C(C)c2ccc([N+](=O)[O-])cc2)cc1OC. The predicted molar refractivity (Wildman–Crippen MR) is 124 cm³/mol. The quantitative estimate of drug-likeness (QED) is 0.218. The molecular formula is C23H28N4O6. The van der Waals surface area contributed by atoms with E-state index >= 15 is 0 Å². The first kappa shape index (κ1) is 25.3. The molecule has 0 spiro atoms. The monoisotopic (exact) mass is 456 g/mol. The first-order valence-electron chi connectivity index (χ1n) is 10.4. The Hall–Kier alpha value is -3.95. The maximum Gasteiger partial charge on any atom is 0.269 e. The van der Waals surface area contributed by atoms with Gasteiger partial charge in [-0.25, -0.2) is 5.43 Å². The smallest absolute Gasteiger partial charge is 0.269 e. The van der Waals surface area contributed by atoms with Gasteiger partial charge in [-0.15, -0.1) is 0 Å². The van der Waals surface area contributed by atoms with E-state index in [-0.39, 0.29) is 17.5 Å². The van der Waals surface area contributed by atoms with Crippen molar-refractivity contribution in [3.8, 4) is 11.5 Å². The number of nitrogens with zero attached hydrogens (tertiary/aromatic N) is 2. The second-order valence-corrected chi connectivity index (χ2v) is 7.17. The number of rotatable bonds is 12. The highest BCUT2D eigenvalue weighted by Crippen LogP contribution is 2.27. The molecule has 10 heteroatoms. The Kier molecular flexibility index (Phi) is 9.81. The first-order valence-corrected chi connectivity index (χ1v) is 10.4. The molecule has 2 N–H and O–H groups in total. The van der Waals surface area contributed by atoms with Gasteiger partial charge in [0.25, 0.3) is 11.6 Å². The molecule has 10 nitrogen and oxygen atoms in total. The highest BCUT2D eigenvalue weighted by atomic mass is 16.6. The van der Waals surface area contributed by atoms with Crippen LogP contribution in [0.5, 0.6) is 11.5 Å². The highest BCUT2D eigenvalue weighted by molar-refractivity contribution is 5.99. The van der Waals surface area contributed by atoms with Crippen molar-refractivity contribution < 1.29 is 24.0 Å². The molecule has 0 atom stereocenters. The average molecular weight is 456 g/mol. The van der Waals surface area contributed by atoms with Gasteiger partial charge in [-0.3, -0.25) is 19.7 Å². The molecular weight excluding hydrogens is 428 g/mol. The minimum atomic E-state index is -0.473. The number of hydrogen-bond donors (Lipinski definition) is 2. The van der Waals surface area contributed by atoms with Crippen molar-refractivity contribution in [1.29, 1.82) is 0 Å². The number of carbonyl (C=O) groups is 2. The van der Waals surface area contributed by atoms with Crippen molar-refractivity contribution in [2.24, 2.45) is 5.10 Å². The van der Waals surface area contributed by atoms with E-state index in [2.05, 4.69) is 15.8 Å². The molecule has 0 aliphatic carbocycles. The molecule has 2 rings (SSSR count). The summed E-state index contributed by atoms with van der Waals surface area (Å²) in [6.45, 7) is 2.20. The van der Waals surface area contributed by atoms with Crippen LogP contribution in [-0.4, -0.2) is 43.2 Å². The molecule has 0 aliphatic rings. The predicted octanol–water partition coefficient (Wildman–Crippen LogP) is 3.44. The number of nitro benzene ring substituents is 1. The van der Waals surface area contributed by atoms with Crippen LogP contribution in [0.3, 0.4) is 0 Å². The molecule has 0 aliphatic heterocycles. The van der Waals surface area contributed by atoms with Crippen LogP contribution >= 0.6 is 0 Å². The fraction of sp³-hybridized carbons (Fsp3) is 0.348. The van der Waals surface area contributed by atoms with E-state index in [1.165, 1.54) is 26.4 Å². The summed E-state index contributed by atoms with van der Waals surface area (Å²) < 4.78 is 10.4. The van der Waals surface area contributed by atoms with Gasteiger partial charge in [0.05, 0.1) is 24.9 Å². The average Bonchev–Trinajstić information content (AvgIpc) is 2.83. The number of ether oxygens (including phenoxy) is 2. The van der Waals surface area contributed by atoms with E-state index in [0.717, 1.165) is 12.8 Å². The van der Waals surface area contributed by atoms with Crippen molar-refractivity contribution in [1.82, 2.24) is 10.7 Å². The van der Waals surface area contributed by atoms with Crippen LogP contribution in [0.2, 0.25) is 0 Å². The standard InChI is InChI=1S/C23H28N4O6/c1-16(17-8-11-19(12-9-17)27(30)31)25-26-22(28)7-5-4-6-14-24-23(29)18-10-13-20(32-2)21(15-18)33-3/h8-13,15H,4-7,14H2,1-3H3,(H,24,29)(H,26,28). The number of unbranched alkanes of at least 4 members (excludes halogenated alkanes) is 2. The lowest BCUT2D eigenvalue weighted by atomic mass is 10.1. The summed E-state index contributed by atoms with van der Waals surface area (Å²) in [7, 11) is 3.04. The van der Waals surface area contributed by atoms with Crippen LogP contribution in [0, 0.1) is 10.1 Å². The number of methoxy groups -OCH3 is 2. The van der Waals surface area contributed by atoms with Crippen molar-refractivity contribution >= 4 is 23.2 Å². The van der Waals surface area contributed by atoms with Crippen molar-refractivity contribution in [3.05, 3.63) is 63.7 Å². The Morgan fingerprint density at radius 3 is 2.27 bits per heavy atom. The van der Waals surface area contributed by atoms with Gasteiger partial charge in [-0.05, 0) is 55.7 Å².